The van der Waals surface area contributed by atoms with E-state index in [-0.39, 0.29) is 24.0 Å². The minimum Gasteiger partial charge on any atom is -0.497 e. The molecule has 2 aliphatic rings. The molecule has 170 valence electrons. The lowest BCUT2D eigenvalue weighted by molar-refractivity contribution is -0.122. The number of sulfonamides is 1. The third-order valence-corrected chi connectivity index (χ3v) is 7.52. The molecule has 10 heteroatoms. The molecule has 0 bridgehead atoms. The van der Waals surface area contributed by atoms with Gasteiger partial charge < -0.3 is 9.47 Å². The van der Waals surface area contributed by atoms with E-state index in [0.29, 0.717) is 24.5 Å². The summed E-state index contributed by atoms with van der Waals surface area (Å²) in [6.07, 6.45) is 0.748. The first-order valence-electron chi connectivity index (χ1n) is 10.2. The van der Waals surface area contributed by atoms with Crippen molar-refractivity contribution in [3.8, 4) is 5.75 Å². The molecule has 2 saturated heterocycles. The molecule has 0 spiro atoms. The van der Waals surface area contributed by atoms with Crippen molar-refractivity contribution in [1.29, 1.82) is 0 Å². The topological polar surface area (TPSA) is 93.2 Å². The minimum absolute atomic E-state index is 0.0696. The van der Waals surface area contributed by atoms with Crippen LogP contribution in [-0.4, -0.2) is 56.9 Å². The summed E-state index contributed by atoms with van der Waals surface area (Å²) in [4.78, 5) is 26.9. The highest BCUT2D eigenvalue weighted by molar-refractivity contribution is 7.89. The van der Waals surface area contributed by atoms with E-state index in [4.69, 9.17) is 9.47 Å². The van der Waals surface area contributed by atoms with Gasteiger partial charge in [0.2, 0.25) is 15.9 Å². The number of carbonyl (C=O) groups is 2. The summed E-state index contributed by atoms with van der Waals surface area (Å²) in [6.45, 7) is 0.435. The molecular formula is C22H23FN2O6S. The number of imide groups is 1. The van der Waals surface area contributed by atoms with Crippen LogP contribution >= 0.6 is 0 Å². The van der Waals surface area contributed by atoms with Gasteiger partial charge in [-0.1, -0.05) is 0 Å². The maximum Gasteiger partial charge on any atom is 0.252 e. The van der Waals surface area contributed by atoms with Gasteiger partial charge in [-0.3, -0.25) is 9.59 Å². The largest absolute Gasteiger partial charge is 0.497 e. The van der Waals surface area contributed by atoms with Crippen LogP contribution in [0.1, 0.15) is 19.3 Å². The molecule has 0 aliphatic carbocycles. The van der Waals surface area contributed by atoms with Gasteiger partial charge in [0.15, 0.2) is 0 Å². The summed E-state index contributed by atoms with van der Waals surface area (Å²) in [6, 6.07) is 9.52. The van der Waals surface area contributed by atoms with Gasteiger partial charge in [0, 0.05) is 13.2 Å². The fourth-order valence-electron chi connectivity index (χ4n) is 3.97. The second-order valence-corrected chi connectivity index (χ2v) is 9.54. The van der Waals surface area contributed by atoms with Crippen LogP contribution in [0.4, 0.5) is 10.1 Å². The number of ether oxygens (including phenoxy) is 2. The monoisotopic (exact) mass is 462 g/mol. The normalized spacial score (nSPS) is 21.5. The van der Waals surface area contributed by atoms with Gasteiger partial charge in [0.1, 0.15) is 17.6 Å². The Morgan fingerprint density at radius 2 is 1.81 bits per heavy atom. The van der Waals surface area contributed by atoms with Crippen LogP contribution in [0, 0.1) is 5.82 Å². The summed E-state index contributed by atoms with van der Waals surface area (Å²) in [7, 11) is -2.69. The molecule has 0 aromatic heterocycles. The zero-order valence-corrected chi connectivity index (χ0v) is 18.3. The number of hydrogen-bond acceptors (Lipinski definition) is 6. The van der Waals surface area contributed by atoms with Gasteiger partial charge in [-0.15, -0.1) is 0 Å². The van der Waals surface area contributed by atoms with Crippen molar-refractivity contribution in [2.24, 2.45) is 0 Å². The minimum atomic E-state index is -4.19. The lowest BCUT2D eigenvalue weighted by Gasteiger charge is -2.29. The van der Waals surface area contributed by atoms with Crippen molar-refractivity contribution in [2.75, 3.05) is 25.2 Å². The Kier molecular flexibility index (Phi) is 6.27. The number of carbonyl (C=O) groups excluding carboxylic acids is 2. The fraction of sp³-hybridized carbons (Fsp3) is 0.364. The molecule has 0 N–H and O–H groups in total. The molecule has 2 aromatic rings. The van der Waals surface area contributed by atoms with Crippen LogP contribution in [0.25, 0.3) is 0 Å². The van der Waals surface area contributed by atoms with Crippen molar-refractivity contribution in [3.63, 3.8) is 0 Å². The Labute approximate surface area is 185 Å². The average Bonchev–Trinajstić information content (AvgIpc) is 3.40. The number of nitrogens with zero attached hydrogens (tertiary/aromatic N) is 2. The quantitative estimate of drug-likeness (QED) is 0.587. The first kappa shape index (κ1) is 22.4. The number of methoxy groups -OCH3 is 1. The molecule has 2 aromatic carbocycles. The second-order valence-electron chi connectivity index (χ2n) is 7.65. The third-order valence-electron chi connectivity index (χ3n) is 5.63. The van der Waals surface area contributed by atoms with Gasteiger partial charge in [-0.05, 0) is 61.4 Å². The van der Waals surface area contributed by atoms with Crippen LogP contribution < -0.4 is 9.64 Å². The van der Waals surface area contributed by atoms with E-state index in [1.807, 2.05) is 0 Å². The van der Waals surface area contributed by atoms with Gasteiger partial charge in [-0.25, -0.2) is 17.7 Å². The summed E-state index contributed by atoms with van der Waals surface area (Å²) in [5, 5.41) is 0. The van der Waals surface area contributed by atoms with Gasteiger partial charge in [0.25, 0.3) is 5.91 Å². The predicted octanol–water partition coefficient (Wildman–Crippen LogP) is 2.34. The van der Waals surface area contributed by atoms with Gasteiger partial charge in [-0.2, -0.15) is 4.31 Å². The third kappa shape index (κ3) is 4.25. The molecule has 2 atom stereocenters. The highest BCUT2D eigenvalue weighted by Gasteiger charge is 2.47. The molecule has 2 unspecified atom stereocenters. The SMILES string of the molecule is COc1ccc(N2C(=O)CC(N(CC3CCCO3)S(=O)(=O)c3ccc(F)cc3)C2=O)cc1. The smallest absolute Gasteiger partial charge is 0.252 e. The number of rotatable bonds is 7. The number of halogens is 1. The van der Waals surface area contributed by atoms with E-state index in [1.54, 1.807) is 24.3 Å². The Morgan fingerprint density at radius 3 is 2.41 bits per heavy atom. The first-order chi connectivity index (χ1) is 15.3. The Hall–Kier alpha value is -2.82. The maximum atomic E-state index is 13.4. The Balaban J connectivity index is 1.68. The number of amides is 2. The highest BCUT2D eigenvalue weighted by atomic mass is 32.2. The molecule has 0 radical (unpaired) electrons. The highest BCUT2D eigenvalue weighted by Crippen LogP contribution is 2.31. The second kappa shape index (κ2) is 8.97. The van der Waals surface area contributed by atoms with Crippen LogP contribution in [0.3, 0.4) is 0 Å². The lowest BCUT2D eigenvalue weighted by atomic mass is 10.2. The number of hydrogen-bond donors (Lipinski definition) is 0. The maximum absolute atomic E-state index is 13.4. The van der Waals surface area contributed by atoms with E-state index < -0.39 is 33.7 Å². The van der Waals surface area contributed by atoms with Crippen molar-refractivity contribution < 1.29 is 31.9 Å². The Bertz CT molecular complexity index is 1100. The molecular weight excluding hydrogens is 439 g/mol. The Morgan fingerprint density at radius 1 is 1.12 bits per heavy atom. The summed E-state index contributed by atoms with van der Waals surface area (Å²) >= 11 is 0. The lowest BCUT2D eigenvalue weighted by Crippen LogP contribution is -2.48. The van der Waals surface area contributed by atoms with E-state index in [2.05, 4.69) is 0 Å². The zero-order chi connectivity index (χ0) is 22.9. The van der Waals surface area contributed by atoms with Crippen molar-refractivity contribution in [2.45, 2.75) is 36.3 Å². The van der Waals surface area contributed by atoms with E-state index >= 15 is 0 Å². The number of benzene rings is 2. The van der Waals surface area contributed by atoms with Crippen LogP contribution in [0.2, 0.25) is 0 Å². The molecule has 2 fully saturated rings. The van der Waals surface area contributed by atoms with Crippen LogP contribution in [-0.2, 0) is 24.3 Å². The molecule has 0 saturated carbocycles. The van der Waals surface area contributed by atoms with E-state index in [9.17, 15) is 22.4 Å². The predicted molar refractivity (Wildman–Crippen MR) is 113 cm³/mol. The standard InChI is InChI=1S/C22H23FN2O6S/c1-30-17-8-6-16(7-9-17)25-21(26)13-20(22(25)27)24(14-18-3-2-12-31-18)32(28,29)19-10-4-15(23)5-11-19/h4-11,18,20H,2-3,12-14H2,1H3. The molecule has 2 aliphatic heterocycles. The average molecular weight is 462 g/mol. The summed E-state index contributed by atoms with van der Waals surface area (Å²) in [5.41, 5.74) is 0.333. The zero-order valence-electron chi connectivity index (χ0n) is 17.4. The van der Waals surface area contributed by atoms with Gasteiger partial charge in [0.05, 0.1) is 30.2 Å². The van der Waals surface area contributed by atoms with Crippen LogP contribution in [0.5, 0.6) is 5.75 Å². The van der Waals surface area contributed by atoms with E-state index in [0.717, 1.165) is 39.9 Å². The molecule has 32 heavy (non-hydrogen) atoms. The fourth-order valence-corrected chi connectivity index (χ4v) is 5.58. The number of anilines is 1. The molecule has 2 amide bonds. The summed E-state index contributed by atoms with van der Waals surface area (Å²) in [5.74, 6) is -1.16. The molecule has 4 rings (SSSR count). The van der Waals surface area contributed by atoms with Gasteiger partial charge >= 0.3 is 0 Å². The van der Waals surface area contributed by atoms with E-state index in [1.165, 1.54) is 7.11 Å². The molecule has 2 heterocycles. The van der Waals surface area contributed by atoms with Crippen LogP contribution in [0.15, 0.2) is 53.4 Å². The van der Waals surface area contributed by atoms with Crippen molar-refractivity contribution in [3.05, 3.63) is 54.3 Å². The van der Waals surface area contributed by atoms with Crippen molar-refractivity contribution >= 4 is 27.5 Å². The summed E-state index contributed by atoms with van der Waals surface area (Å²) < 4.78 is 52.0. The first-order valence-corrected chi connectivity index (χ1v) is 11.6. The van der Waals surface area contributed by atoms with Crippen molar-refractivity contribution in [1.82, 2.24) is 4.31 Å². The molecule has 8 nitrogen and oxygen atoms in total.